The summed E-state index contributed by atoms with van der Waals surface area (Å²) in [5.41, 5.74) is 0. The Morgan fingerprint density at radius 3 is 2.60 bits per heavy atom. The highest BCUT2D eigenvalue weighted by Gasteiger charge is 2.12. The third-order valence-corrected chi connectivity index (χ3v) is 4.76. The van der Waals surface area contributed by atoms with Crippen LogP contribution in [0, 0.1) is 0 Å². The maximum Gasteiger partial charge on any atom is 0.146 e. The van der Waals surface area contributed by atoms with Crippen LogP contribution in [-0.2, 0) is 0 Å². The van der Waals surface area contributed by atoms with Gasteiger partial charge in [-0.1, -0.05) is 18.2 Å². The van der Waals surface area contributed by atoms with Crippen LogP contribution in [0.2, 0.25) is 0 Å². The number of hydrogen-bond acceptors (Lipinski definition) is 3. The van der Waals surface area contributed by atoms with Crippen molar-refractivity contribution in [3.8, 4) is 0 Å². The number of halogens is 2. The molecule has 1 aromatic carbocycles. The molecule has 0 bridgehead atoms. The average Bonchev–Trinajstić information content (AvgIpc) is 2.64. The van der Waals surface area contributed by atoms with Gasteiger partial charge in [0.2, 0.25) is 0 Å². The summed E-state index contributed by atoms with van der Waals surface area (Å²) in [6.07, 6.45) is 0. The number of aromatic nitrogens is 2. The van der Waals surface area contributed by atoms with Gasteiger partial charge in [0.25, 0.3) is 0 Å². The molecule has 2 nitrogen and oxygen atoms in total. The second-order valence-electron chi connectivity index (χ2n) is 3.08. The second kappa shape index (κ2) is 3.50. The van der Waals surface area contributed by atoms with Gasteiger partial charge in [0, 0.05) is 15.5 Å². The standard InChI is InChI=1S/C10H4Br2N2S/c11-9-7-5-3-1-2-4-6(5)15-8(7)10(12)14-13-9/h1-4H. The fraction of sp³-hybridized carbons (Fsp3) is 0. The average molecular weight is 344 g/mol. The van der Waals surface area contributed by atoms with E-state index in [1.54, 1.807) is 11.3 Å². The Bertz CT molecular complexity index is 663. The highest BCUT2D eigenvalue weighted by molar-refractivity contribution is 9.11. The van der Waals surface area contributed by atoms with E-state index in [9.17, 15) is 0 Å². The zero-order chi connectivity index (χ0) is 10.4. The normalized spacial score (nSPS) is 11.3. The zero-order valence-electron chi connectivity index (χ0n) is 7.37. The minimum absolute atomic E-state index is 0.804. The van der Waals surface area contributed by atoms with Crippen LogP contribution in [0.4, 0.5) is 0 Å². The highest BCUT2D eigenvalue weighted by Crippen LogP contribution is 2.39. The number of nitrogens with zero attached hydrogens (tertiary/aromatic N) is 2. The van der Waals surface area contributed by atoms with E-state index in [2.05, 4.69) is 54.2 Å². The molecule has 0 fully saturated rings. The summed E-state index contributed by atoms with van der Waals surface area (Å²) in [6.45, 7) is 0. The predicted octanol–water partition coefficient (Wildman–Crippen LogP) is 4.37. The van der Waals surface area contributed by atoms with Crippen LogP contribution in [0.1, 0.15) is 0 Å². The Kier molecular flexibility index (Phi) is 2.26. The third kappa shape index (κ3) is 1.41. The van der Waals surface area contributed by atoms with Crippen LogP contribution >= 0.6 is 43.2 Å². The molecule has 0 N–H and O–H groups in total. The van der Waals surface area contributed by atoms with Gasteiger partial charge in [0.05, 0.1) is 4.70 Å². The molecule has 3 aromatic rings. The van der Waals surface area contributed by atoms with E-state index < -0.39 is 0 Å². The smallest absolute Gasteiger partial charge is 0.142 e. The van der Waals surface area contributed by atoms with Crippen molar-refractivity contribution in [2.75, 3.05) is 0 Å². The van der Waals surface area contributed by atoms with Gasteiger partial charge in [-0.05, 0) is 37.9 Å². The first-order valence-electron chi connectivity index (χ1n) is 4.26. The Labute approximate surface area is 107 Å². The van der Waals surface area contributed by atoms with Gasteiger partial charge in [-0.15, -0.1) is 21.5 Å². The predicted molar refractivity (Wildman–Crippen MR) is 70.3 cm³/mol. The Hall–Kier alpha value is -0.520. The van der Waals surface area contributed by atoms with Crippen LogP contribution in [0.5, 0.6) is 0 Å². The summed E-state index contributed by atoms with van der Waals surface area (Å²) in [7, 11) is 0. The van der Waals surface area contributed by atoms with E-state index in [1.165, 1.54) is 10.1 Å². The molecule has 3 rings (SSSR count). The van der Waals surface area contributed by atoms with Gasteiger partial charge in [-0.3, -0.25) is 0 Å². The van der Waals surface area contributed by atoms with Crippen molar-refractivity contribution in [2.45, 2.75) is 0 Å². The molecule has 0 spiro atoms. The Balaban J connectivity index is 2.66. The second-order valence-corrected chi connectivity index (χ2v) is 5.64. The van der Waals surface area contributed by atoms with Crippen molar-refractivity contribution in [3.63, 3.8) is 0 Å². The SMILES string of the molecule is Brc1nnc(Br)c2c1sc1ccccc12. The first kappa shape index (κ1) is 9.69. The molecular weight excluding hydrogens is 340 g/mol. The van der Waals surface area contributed by atoms with Gasteiger partial charge in [0.1, 0.15) is 9.21 Å². The topological polar surface area (TPSA) is 25.8 Å². The highest BCUT2D eigenvalue weighted by atomic mass is 79.9. The largest absolute Gasteiger partial charge is 0.146 e. The molecule has 15 heavy (non-hydrogen) atoms. The molecule has 74 valence electrons. The van der Waals surface area contributed by atoms with E-state index in [-0.39, 0.29) is 0 Å². The minimum Gasteiger partial charge on any atom is -0.142 e. The van der Waals surface area contributed by atoms with Crippen molar-refractivity contribution in [1.29, 1.82) is 0 Å². The summed E-state index contributed by atoms with van der Waals surface area (Å²) in [4.78, 5) is 0. The quantitative estimate of drug-likeness (QED) is 0.605. The lowest BCUT2D eigenvalue weighted by Gasteiger charge is -1.94. The van der Waals surface area contributed by atoms with Gasteiger partial charge in [0.15, 0.2) is 0 Å². The molecule has 5 heteroatoms. The molecule has 2 aromatic heterocycles. The minimum atomic E-state index is 0.804. The molecular formula is C10H4Br2N2S. The molecule has 0 saturated carbocycles. The van der Waals surface area contributed by atoms with Gasteiger partial charge in [-0.25, -0.2) is 0 Å². The molecule has 0 aliphatic rings. The maximum absolute atomic E-state index is 4.06. The number of rotatable bonds is 0. The maximum atomic E-state index is 4.06. The summed E-state index contributed by atoms with van der Waals surface area (Å²) >= 11 is 8.59. The van der Waals surface area contributed by atoms with E-state index in [0.29, 0.717) is 0 Å². The lowest BCUT2D eigenvalue weighted by Crippen LogP contribution is -1.83. The molecule has 0 radical (unpaired) electrons. The van der Waals surface area contributed by atoms with Crippen LogP contribution in [0.3, 0.4) is 0 Å². The molecule has 0 aliphatic heterocycles. The molecule has 0 aliphatic carbocycles. The first-order chi connectivity index (χ1) is 7.27. The summed E-state index contributed by atoms with van der Waals surface area (Å²) < 4.78 is 4.00. The molecule has 0 saturated heterocycles. The number of hydrogen-bond donors (Lipinski definition) is 0. The Morgan fingerprint density at radius 1 is 1.00 bits per heavy atom. The fourth-order valence-electron chi connectivity index (χ4n) is 1.58. The number of benzene rings is 1. The van der Waals surface area contributed by atoms with Gasteiger partial charge >= 0.3 is 0 Å². The monoisotopic (exact) mass is 342 g/mol. The van der Waals surface area contributed by atoms with Crippen molar-refractivity contribution >= 4 is 63.4 Å². The molecule has 0 atom stereocenters. The summed E-state index contributed by atoms with van der Waals surface area (Å²) in [5, 5.41) is 10.4. The first-order valence-corrected chi connectivity index (χ1v) is 6.66. The Morgan fingerprint density at radius 2 is 1.73 bits per heavy atom. The van der Waals surface area contributed by atoms with Gasteiger partial charge in [-0.2, -0.15) is 0 Å². The lowest BCUT2D eigenvalue weighted by atomic mass is 10.2. The van der Waals surface area contributed by atoms with E-state index in [4.69, 9.17) is 0 Å². The number of thiophene rings is 1. The summed E-state index contributed by atoms with van der Waals surface area (Å²) in [5.74, 6) is 0. The van der Waals surface area contributed by atoms with Crippen LogP contribution in [0.15, 0.2) is 33.5 Å². The van der Waals surface area contributed by atoms with Crippen molar-refractivity contribution < 1.29 is 0 Å². The van der Waals surface area contributed by atoms with Crippen LogP contribution < -0.4 is 0 Å². The molecule has 0 amide bonds. The van der Waals surface area contributed by atoms with E-state index >= 15 is 0 Å². The summed E-state index contributed by atoms with van der Waals surface area (Å²) in [6, 6.07) is 8.29. The van der Waals surface area contributed by atoms with Crippen molar-refractivity contribution in [1.82, 2.24) is 10.2 Å². The molecule has 2 heterocycles. The zero-order valence-corrected chi connectivity index (χ0v) is 11.4. The van der Waals surface area contributed by atoms with E-state index in [0.717, 1.165) is 19.3 Å². The van der Waals surface area contributed by atoms with Crippen molar-refractivity contribution in [2.24, 2.45) is 0 Å². The van der Waals surface area contributed by atoms with E-state index in [1.807, 2.05) is 12.1 Å². The molecule has 0 unspecified atom stereocenters. The number of fused-ring (bicyclic) bond motifs is 3. The van der Waals surface area contributed by atoms with Crippen molar-refractivity contribution in [3.05, 3.63) is 33.5 Å². The van der Waals surface area contributed by atoms with Crippen LogP contribution in [0.25, 0.3) is 20.2 Å². The van der Waals surface area contributed by atoms with Crippen LogP contribution in [-0.4, -0.2) is 10.2 Å². The van der Waals surface area contributed by atoms with Gasteiger partial charge < -0.3 is 0 Å². The third-order valence-electron chi connectivity index (χ3n) is 2.21. The fourth-order valence-corrected chi connectivity index (χ4v) is 3.80. The lowest BCUT2D eigenvalue weighted by molar-refractivity contribution is 1.01.